The van der Waals surface area contributed by atoms with Crippen LogP contribution in [0.2, 0.25) is 0 Å². The molecule has 0 bridgehead atoms. The van der Waals surface area contributed by atoms with Crippen LogP contribution in [0.4, 0.5) is 5.69 Å². The Labute approximate surface area is 108 Å². The second-order valence-electron chi connectivity index (χ2n) is 4.55. The zero-order valence-corrected chi connectivity index (χ0v) is 11.1. The van der Waals surface area contributed by atoms with E-state index < -0.39 is 21.1 Å². The maximum absolute atomic E-state index is 11.9. The molecule has 0 aliphatic carbocycles. The van der Waals surface area contributed by atoms with Gasteiger partial charge in [-0.3, -0.25) is 14.3 Å². The van der Waals surface area contributed by atoms with Crippen molar-refractivity contribution in [1.29, 1.82) is 5.26 Å². The molecule has 6 heteroatoms. The highest BCUT2D eigenvalue weighted by atomic mass is 32.2. The molecule has 0 aliphatic heterocycles. The summed E-state index contributed by atoms with van der Waals surface area (Å²) >= 11 is 0. The Kier molecular flexibility index (Phi) is 4.56. The van der Waals surface area contributed by atoms with Crippen LogP contribution in [-0.4, -0.2) is 14.9 Å². The molecule has 0 amide bonds. The van der Waals surface area contributed by atoms with E-state index in [2.05, 4.69) is 6.07 Å². The number of benzene rings is 1. The van der Waals surface area contributed by atoms with Gasteiger partial charge in [-0.05, 0) is 32.4 Å². The standard InChI is InChI=1S/C12H14N2O3S/c1-12(2,9-13)7-8-18(17)11-5-3-10(4-6-11)14(15)16/h3-6H,7-8H2,1-2H3. The summed E-state index contributed by atoms with van der Waals surface area (Å²) in [6, 6.07) is 7.81. The van der Waals surface area contributed by atoms with E-state index in [9.17, 15) is 14.3 Å². The van der Waals surface area contributed by atoms with Gasteiger partial charge < -0.3 is 0 Å². The van der Waals surface area contributed by atoms with Gasteiger partial charge in [0.1, 0.15) is 0 Å². The van der Waals surface area contributed by atoms with Crippen molar-refractivity contribution in [1.82, 2.24) is 0 Å². The number of nitro benzene ring substituents is 1. The second-order valence-corrected chi connectivity index (χ2v) is 6.12. The molecule has 18 heavy (non-hydrogen) atoms. The first-order chi connectivity index (χ1) is 8.35. The van der Waals surface area contributed by atoms with Gasteiger partial charge in [-0.15, -0.1) is 0 Å². The highest BCUT2D eigenvalue weighted by Gasteiger charge is 2.18. The normalized spacial score (nSPS) is 12.7. The Morgan fingerprint density at radius 2 is 1.94 bits per heavy atom. The smallest absolute Gasteiger partial charge is 0.258 e. The summed E-state index contributed by atoms with van der Waals surface area (Å²) in [4.78, 5) is 10.5. The lowest BCUT2D eigenvalue weighted by atomic mass is 9.93. The van der Waals surface area contributed by atoms with Crippen LogP contribution in [0.1, 0.15) is 20.3 Å². The van der Waals surface area contributed by atoms with Crippen LogP contribution in [0.15, 0.2) is 29.2 Å². The predicted octanol–water partition coefficient (Wildman–Crippen LogP) is 2.64. The first-order valence-electron chi connectivity index (χ1n) is 5.40. The molecule has 1 atom stereocenters. The Morgan fingerprint density at radius 1 is 1.39 bits per heavy atom. The number of hydrogen-bond donors (Lipinski definition) is 0. The van der Waals surface area contributed by atoms with Crippen LogP contribution >= 0.6 is 0 Å². The monoisotopic (exact) mass is 266 g/mol. The van der Waals surface area contributed by atoms with E-state index >= 15 is 0 Å². The largest absolute Gasteiger partial charge is 0.269 e. The zero-order chi connectivity index (χ0) is 13.8. The van der Waals surface area contributed by atoms with Crippen LogP contribution in [0.5, 0.6) is 0 Å². The second kappa shape index (κ2) is 5.74. The van der Waals surface area contributed by atoms with Crippen LogP contribution in [0, 0.1) is 26.9 Å². The summed E-state index contributed by atoms with van der Waals surface area (Å²) in [6.45, 7) is 3.58. The molecule has 96 valence electrons. The third kappa shape index (κ3) is 3.93. The number of nitrogens with zero attached hydrogens (tertiary/aromatic N) is 2. The van der Waals surface area contributed by atoms with Crippen molar-refractivity contribution in [3.05, 3.63) is 34.4 Å². The number of nitro groups is 1. The van der Waals surface area contributed by atoms with Crippen molar-refractivity contribution >= 4 is 16.5 Å². The number of hydrogen-bond acceptors (Lipinski definition) is 4. The fourth-order valence-electron chi connectivity index (χ4n) is 1.24. The number of rotatable bonds is 5. The van der Waals surface area contributed by atoms with Gasteiger partial charge in [0.15, 0.2) is 0 Å². The van der Waals surface area contributed by atoms with Gasteiger partial charge in [0, 0.05) is 22.8 Å². The predicted molar refractivity (Wildman–Crippen MR) is 68.4 cm³/mol. The van der Waals surface area contributed by atoms with Crippen LogP contribution in [-0.2, 0) is 10.8 Å². The molecule has 1 aromatic carbocycles. The van der Waals surface area contributed by atoms with Gasteiger partial charge in [0.2, 0.25) is 0 Å². The summed E-state index contributed by atoms with van der Waals surface area (Å²) in [5.74, 6) is 0.373. The third-order valence-electron chi connectivity index (χ3n) is 2.53. The van der Waals surface area contributed by atoms with Gasteiger partial charge in [-0.1, -0.05) is 0 Å². The molecule has 1 unspecified atom stereocenters. The average Bonchev–Trinajstić information content (AvgIpc) is 2.36. The molecule has 0 spiro atoms. The Bertz CT molecular complexity index is 503. The number of nitriles is 1. The maximum Gasteiger partial charge on any atom is 0.269 e. The fourth-order valence-corrected chi connectivity index (χ4v) is 2.61. The lowest BCUT2D eigenvalue weighted by molar-refractivity contribution is -0.384. The Balaban J connectivity index is 2.69. The van der Waals surface area contributed by atoms with Crippen molar-refractivity contribution in [2.75, 3.05) is 5.75 Å². The number of non-ortho nitro benzene ring substituents is 1. The molecule has 0 radical (unpaired) electrons. The molecule has 0 N–H and O–H groups in total. The summed E-state index contributed by atoms with van der Waals surface area (Å²) in [5.41, 5.74) is -0.524. The highest BCUT2D eigenvalue weighted by molar-refractivity contribution is 7.85. The molecular weight excluding hydrogens is 252 g/mol. The minimum Gasteiger partial charge on any atom is -0.258 e. The van der Waals surface area contributed by atoms with E-state index in [1.807, 2.05) is 0 Å². The lowest BCUT2D eigenvalue weighted by Crippen LogP contribution is -2.12. The Morgan fingerprint density at radius 3 is 2.39 bits per heavy atom. The van der Waals surface area contributed by atoms with Crippen LogP contribution in [0.3, 0.4) is 0 Å². The molecule has 0 aromatic heterocycles. The van der Waals surface area contributed by atoms with Crippen molar-refractivity contribution < 1.29 is 9.13 Å². The summed E-state index contributed by atoms with van der Waals surface area (Å²) in [7, 11) is -1.23. The molecule has 5 nitrogen and oxygen atoms in total. The zero-order valence-electron chi connectivity index (χ0n) is 10.3. The molecule has 1 aromatic rings. The molecule has 0 aliphatic rings. The Hall–Kier alpha value is -1.74. The van der Waals surface area contributed by atoms with E-state index in [4.69, 9.17) is 5.26 Å². The molecule has 0 saturated heterocycles. The van der Waals surface area contributed by atoms with E-state index in [1.165, 1.54) is 24.3 Å². The van der Waals surface area contributed by atoms with Gasteiger partial charge in [0.25, 0.3) is 5.69 Å². The van der Waals surface area contributed by atoms with Gasteiger partial charge >= 0.3 is 0 Å². The summed E-state index contributed by atoms with van der Waals surface area (Å²) < 4.78 is 11.9. The minimum absolute atomic E-state index is 0.0203. The van der Waals surface area contributed by atoms with Crippen LogP contribution < -0.4 is 0 Å². The van der Waals surface area contributed by atoms with E-state index in [-0.39, 0.29) is 5.69 Å². The SMILES string of the molecule is CC(C)(C#N)CCS(=O)c1ccc([N+](=O)[O-])cc1. The fraction of sp³-hybridized carbons (Fsp3) is 0.417. The van der Waals surface area contributed by atoms with E-state index in [1.54, 1.807) is 13.8 Å². The van der Waals surface area contributed by atoms with Gasteiger partial charge in [-0.25, -0.2) is 0 Å². The summed E-state index contributed by atoms with van der Waals surface area (Å²) in [5, 5.41) is 19.3. The molecule has 0 heterocycles. The first kappa shape index (κ1) is 14.3. The molecule has 1 rings (SSSR count). The van der Waals surface area contributed by atoms with E-state index in [0.717, 1.165) is 0 Å². The first-order valence-corrected chi connectivity index (χ1v) is 6.72. The van der Waals surface area contributed by atoms with Gasteiger partial charge in [0.05, 0.1) is 27.2 Å². The molecule has 0 fully saturated rings. The summed E-state index contributed by atoms with van der Waals surface area (Å²) in [6.07, 6.45) is 0.521. The van der Waals surface area contributed by atoms with Crippen molar-refractivity contribution in [3.63, 3.8) is 0 Å². The topological polar surface area (TPSA) is 84.0 Å². The van der Waals surface area contributed by atoms with Crippen molar-refractivity contribution in [2.45, 2.75) is 25.2 Å². The quantitative estimate of drug-likeness (QED) is 0.605. The third-order valence-corrected chi connectivity index (χ3v) is 3.90. The lowest BCUT2D eigenvalue weighted by Gasteiger charge is -2.13. The average molecular weight is 266 g/mol. The maximum atomic E-state index is 11.9. The van der Waals surface area contributed by atoms with Crippen LogP contribution in [0.25, 0.3) is 0 Å². The molecular formula is C12H14N2O3S. The molecule has 0 saturated carbocycles. The van der Waals surface area contributed by atoms with Gasteiger partial charge in [-0.2, -0.15) is 5.26 Å². The van der Waals surface area contributed by atoms with Crippen molar-refractivity contribution in [2.24, 2.45) is 5.41 Å². The van der Waals surface area contributed by atoms with Crippen molar-refractivity contribution in [3.8, 4) is 6.07 Å². The minimum atomic E-state index is -1.23. The van der Waals surface area contributed by atoms with E-state index in [0.29, 0.717) is 17.1 Å². The highest BCUT2D eigenvalue weighted by Crippen LogP contribution is 2.21.